The fourth-order valence-corrected chi connectivity index (χ4v) is 3.33. The predicted molar refractivity (Wildman–Crippen MR) is 111 cm³/mol. The zero-order chi connectivity index (χ0) is 19.8. The van der Waals surface area contributed by atoms with Gasteiger partial charge in [0.15, 0.2) is 5.96 Å². The van der Waals surface area contributed by atoms with E-state index in [9.17, 15) is 10.1 Å². The summed E-state index contributed by atoms with van der Waals surface area (Å²) in [7, 11) is 1.71. The summed E-state index contributed by atoms with van der Waals surface area (Å²) < 4.78 is 0. The first-order chi connectivity index (χ1) is 13.6. The van der Waals surface area contributed by atoms with Gasteiger partial charge in [-0.25, -0.2) is 0 Å². The van der Waals surface area contributed by atoms with Crippen molar-refractivity contribution in [3.05, 3.63) is 75.3 Å². The van der Waals surface area contributed by atoms with Crippen LogP contribution in [0.4, 0.5) is 5.69 Å². The molecule has 28 heavy (non-hydrogen) atoms. The van der Waals surface area contributed by atoms with Crippen molar-refractivity contribution in [1.29, 1.82) is 0 Å². The van der Waals surface area contributed by atoms with Gasteiger partial charge < -0.3 is 10.6 Å². The van der Waals surface area contributed by atoms with Crippen LogP contribution in [0, 0.1) is 10.1 Å². The highest BCUT2D eigenvalue weighted by Crippen LogP contribution is 2.14. The quantitative estimate of drug-likeness (QED) is 0.333. The second kappa shape index (κ2) is 9.85. The van der Waals surface area contributed by atoms with Crippen LogP contribution in [0.3, 0.4) is 0 Å². The molecule has 7 heteroatoms. The summed E-state index contributed by atoms with van der Waals surface area (Å²) >= 11 is 0. The Morgan fingerprint density at radius 2 is 1.68 bits per heavy atom. The van der Waals surface area contributed by atoms with Crippen LogP contribution in [0.25, 0.3) is 0 Å². The zero-order valence-electron chi connectivity index (χ0n) is 16.2. The second-order valence-electron chi connectivity index (χ2n) is 7.01. The van der Waals surface area contributed by atoms with Crippen LogP contribution in [0.15, 0.2) is 53.5 Å². The van der Waals surface area contributed by atoms with Gasteiger partial charge in [0.2, 0.25) is 0 Å². The summed E-state index contributed by atoms with van der Waals surface area (Å²) in [5.41, 5.74) is 3.46. The lowest BCUT2D eigenvalue weighted by molar-refractivity contribution is -0.384. The molecule has 0 aliphatic carbocycles. The third kappa shape index (κ3) is 5.79. The molecule has 0 atom stereocenters. The summed E-state index contributed by atoms with van der Waals surface area (Å²) in [5.74, 6) is 0.660. The summed E-state index contributed by atoms with van der Waals surface area (Å²) in [5, 5.41) is 17.3. The summed E-state index contributed by atoms with van der Waals surface area (Å²) in [6.07, 6.45) is 2.62. The summed E-state index contributed by atoms with van der Waals surface area (Å²) in [6, 6.07) is 15.3. The van der Waals surface area contributed by atoms with E-state index in [0.717, 1.165) is 12.1 Å². The largest absolute Gasteiger partial charge is 0.352 e. The molecule has 7 nitrogen and oxygen atoms in total. The van der Waals surface area contributed by atoms with Crippen molar-refractivity contribution in [3.63, 3.8) is 0 Å². The number of nitro benzene ring substituents is 1. The number of nitrogens with zero attached hydrogens (tertiary/aromatic N) is 3. The van der Waals surface area contributed by atoms with E-state index in [1.54, 1.807) is 19.2 Å². The van der Waals surface area contributed by atoms with Crippen LogP contribution in [0.1, 0.15) is 29.5 Å². The highest BCUT2D eigenvalue weighted by atomic mass is 16.6. The van der Waals surface area contributed by atoms with Crippen LogP contribution >= 0.6 is 0 Å². The standard InChI is InChI=1S/C21H27N5O2/c1-22-21(24-15-19-5-4-6-20(13-19)26(27)28)23-14-17-7-9-18(10-8-17)16-25-11-2-3-12-25/h4-10,13H,2-3,11-12,14-16H2,1H3,(H2,22,23,24). The highest BCUT2D eigenvalue weighted by molar-refractivity contribution is 5.79. The molecule has 148 valence electrons. The third-order valence-electron chi connectivity index (χ3n) is 4.89. The number of nitrogens with one attached hydrogen (secondary N) is 2. The van der Waals surface area contributed by atoms with Gasteiger partial charge in [0.1, 0.15) is 0 Å². The average molecular weight is 381 g/mol. The lowest BCUT2D eigenvalue weighted by atomic mass is 10.1. The molecule has 1 aliphatic heterocycles. The van der Waals surface area contributed by atoms with Crippen LogP contribution in [0.5, 0.6) is 0 Å². The molecule has 0 bridgehead atoms. The molecule has 1 fully saturated rings. The Kier molecular flexibility index (Phi) is 6.97. The minimum absolute atomic E-state index is 0.0938. The van der Waals surface area contributed by atoms with E-state index in [-0.39, 0.29) is 10.6 Å². The van der Waals surface area contributed by atoms with Crippen molar-refractivity contribution < 1.29 is 4.92 Å². The number of hydrogen-bond donors (Lipinski definition) is 2. The molecule has 3 rings (SSSR count). The predicted octanol–water partition coefficient (Wildman–Crippen LogP) is 3.06. The van der Waals surface area contributed by atoms with Crippen LogP contribution in [0.2, 0.25) is 0 Å². The minimum Gasteiger partial charge on any atom is -0.352 e. The van der Waals surface area contributed by atoms with Gasteiger partial charge in [0.05, 0.1) is 4.92 Å². The van der Waals surface area contributed by atoms with E-state index in [2.05, 4.69) is 44.8 Å². The van der Waals surface area contributed by atoms with Crippen LogP contribution in [-0.2, 0) is 19.6 Å². The molecule has 0 saturated carbocycles. The molecule has 2 aromatic carbocycles. The maximum Gasteiger partial charge on any atom is 0.269 e. The lowest BCUT2D eigenvalue weighted by Gasteiger charge is -2.15. The number of benzene rings is 2. The van der Waals surface area contributed by atoms with E-state index in [4.69, 9.17) is 0 Å². The zero-order valence-corrected chi connectivity index (χ0v) is 16.2. The monoisotopic (exact) mass is 381 g/mol. The molecule has 0 amide bonds. The van der Waals surface area contributed by atoms with Gasteiger partial charge in [-0.15, -0.1) is 0 Å². The van der Waals surface area contributed by atoms with Gasteiger partial charge >= 0.3 is 0 Å². The third-order valence-corrected chi connectivity index (χ3v) is 4.89. The lowest BCUT2D eigenvalue weighted by Crippen LogP contribution is -2.36. The Balaban J connectivity index is 1.47. The van der Waals surface area contributed by atoms with Crippen molar-refractivity contribution in [2.45, 2.75) is 32.5 Å². The first kappa shape index (κ1) is 19.8. The topological polar surface area (TPSA) is 82.8 Å². The molecule has 2 N–H and O–H groups in total. The van der Waals surface area contributed by atoms with Crippen LogP contribution < -0.4 is 10.6 Å². The van der Waals surface area contributed by atoms with Gasteiger partial charge in [-0.05, 0) is 42.6 Å². The van der Waals surface area contributed by atoms with Crippen molar-refractivity contribution in [2.75, 3.05) is 20.1 Å². The second-order valence-corrected chi connectivity index (χ2v) is 7.01. The molecule has 2 aromatic rings. The maximum absolute atomic E-state index is 10.9. The van der Waals surface area contributed by atoms with E-state index >= 15 is 0 Å². The van der Waals surface area contributed by atoms with Crippen molar-refractivity contribution in [2.24, 2.45) is 4.99 Å². The molecule has 0 unspecified atom stereocenters. The smallest absolute Gasteiger partial charge is 0.269 e. The van der Waals surface area contributed by atoms with Crippen molar-refractivity contribution in [1.82, 2.24) is 15.5 Å². The number of nitro groups is 1. The molecule has 1 heterocycles. The van der Waals surface area contributed by atoms with Gasteiger partial charge in [-0.1, -0.05) is 36.4 Å². The van der Waals surface area contributed by atoms with Crippen LogP contribution in [-0.4, -0.2) is 35.9 Å². The van der Waals surface area contributed by atoms with E-state index in [0.29, 0.717) is 19.0 Å². The Morgan fingerprint density at radius 1 is 1.04 bits per heavy atom. The van der Waals surface area contributed by atoms with Gasteiger partial charge in [-0.2, -0.15) is 0 Å². The molecular weight excluding hydrogens is 354 g/mol. The molecule has 0 aromatic heterocycles. The number of rotatable bonds is 7. The minimum atomic E-state index is -0.385. The van der Waals surface area contributed by atoms with E-state index < -0.39 is 0 Å². The molecule has 1 saturated heterocycles. The molecule has 1 aliphatic rings. The molecule has 0 radical (unpaired) electrons. The maximum atomic E-state index is 10.9. The fourth-order valence-electron chi connectivity index (χ4n) is 3.33. The van der Waals surface area contributed by atoms with E-state index in [1.807, 2.05) is 6.07 Å². The molecular formula is C21H27N5O2. The Labute approximate surface area is 165 Å². The van der Waals surface area contributed by atoms with Crippen molar-refractivity contribution >= 4 is 11.6 Å². The first-order valence-corrected chi connectivity index (χ1v) is 9.62. The summed E-state index contributed by atoms with van der Waals surface area (Å²) in [6.45, 7) is 4.57. The van der Waals surface area contributed by atoms with E-state index in [1.165, 1.54) is 43.1 Å². The Hall–Kier alpha value is -2.93. The Bertz CT molecular complexity index is 814. The van der Waals surface area contributed by atoms with Gasteiger partial charge in [0.25, 0.3) is 5.69 Å². The molecule has 0 spiro atoms. The number of guanidine groups is 1. The van der Waals surface area contributed by atoms with Crippen molar-refractivity contribution in [3.8, 4) is 0 Å². The summed E-state index contributed by atoms with van der Waals surface area (Å²) in [4.78, 5) is 17.2. The fraction of sp³-hybridized carbons (Fsp3) is 0.381. The van der Waals surface area contributed by atoms with Gasteiger partial charge in [-0.3, -0.25) is 20.0 Å². The SMILES string of the molecule is CN=C(NCc1ccc(CN2CCCC2)cc1)NCc1cccc([N+](=O)[O-])c1. The normalized spacial score (nSPS) is 14.8. The Morgan fingerprint density at radius 3 is 2.32 bits per heavy atom. The number of likely N-dealkylation sites (tertiary alicyclic amines) is 1. The number of non-ortho nitro benzene ring substituents is 1. The number of hydrogen-bond acceptors (Lipinski definition) is 4. The highest BCUT2D eigenvalue weighted by Gasteiger charge is 2.11. The number of aliphatic imine (C=N–C) groups is 1. The average Bonchev–Trinajstić information content (AvgIpc) is 3.22. The first-order valence-electron chi connectivity index (χ1n) is 9.62. The van der Waals surface area contributed by atoms with Gasteiger partial charge in [0, 0.05) is 38.8 Å².